The van der Waals surface area contributed by atoms with E-state index in [4.69, 9.17) is 4.74 Å². The molecule has 0 aromatic heterocycles. The normalized spacial score (nSPS) is 12.0. The Bertz CT molecular complexity index is 752. The van der Waals surface area contributed by atoms with Crippen LogP contribution in [0.3, 0.4) is 0 Å². The summed E-state index contributed by atoms with van der Waals surface area (Å²) in [4.78, 5) is 12.3. The Morgan fingerprint density at radius 3 is 2.32 bits per heavy atom. The molecule has 3 nitrogen and oxygen atoms in total. The fourth-order valence-electron chi connectivity index (χ4n) is 2.68. The van der Waals surface area contributed by atoms with Crippen molar-refractivity contribution in [2.75, 3.05) is 7.11 Å². The summed E-state index contributed by atoms with van der Waals surface area (Å²) in [6.07, 6.45) is 2.24. The molecule has 3 heteroatoms. The lowest BCUT2D eigenvalue weighted by atomic mass is 9.91. The van der Waals surface area contributed by atoms with Crippen molar-refractivity contribution in [1.29, 1.82) is 0 Å². The highest BCUT2D eigenvalue weighted by Gasteiger charge is 2.09. The molecule has 2 aromatic rings. The zero-order valence-electron chi connectivity index (χ0n) is 15.7. The number of rotatable bonds is 5. The standard InChI is InChI=1S/C22H27NO2/c1-16(14-22(2,3)4)18-9-11-19(12-10-18)21(24)23-15-17-7-6-8-20(13-17)25-5/h6-14H,15H2,1-5H3,(H,23,24)/b16-14+. The zero-order valence-corrected chi connectivity index (χ0v) is 15.7. The molecule has 0 fully saturated rings. The highest BCUT2D eigenvalue weighted by Crippen LogP contribution is 2.23. The van der Waals surface area contributed by atoms with E-state index in [2.05, 4.69) is 39.1 Å². The van der Waals surface area contributed by atoms with Crippen LogP contribution < -0.4 is 10.1 Å². The molecule has 0 atom stereocenters. The number of hydrogen-bond acceptors (Lipinski definition) is 2. The van der Waals surface area contributed by atoms with Crippen molar-refractivity contribution in [1.82, 2.24) is 5.32 Å². The number of carbonyl (C=O) groups excluding carboxylic acids is 1. The third-order valence-corrected chi connectivity index (χ3v) is 3.84. The molecule has 25 heavy (non-hydrogen) atoms. The molecule has 0 saturated heterocycles. The average Bonchev–Trinajstić information content (AvgIpc) is 2.58. The molecule has 0 aliphatic carbocycles. The van der Waals surface area contributed by atoms with Crippen molar-refractivity contribution in [2.45, 2.75) is 34.2 Å². The summed E-state index contributed by atoms with van der Waals surface area (Å²) in [6.45, 7) is 9.11. The van der Waals surface area contributed by atoms with Crippen LogP contribution in [-0.4, -0.2) is 13.0 Å². The molecule has 0 aliphatic heterocycles. The van der Waals surface area contributed by atoms with Crippen LogP contribution in [0.25, 0.3) is 5.57 Å². The van der Waals surface area contributed by atoms with Crippen molar-refractivity contribution in [3.63, 3.8) is 0 Å². The van der Waals surface area contributed by atoms with E-state index in [9.17, 15) is 4.79 Å². The smallest absolute Gasteiger partial charge is 0.251 e. The number of methoxy groups -OCH3 is 1. The maximum Gasteiger partial charge on any atom is 0.251 e. The van der Waals surface area contributed by atoms with Gasteiger partial charge in [-0.2, -0.15) is 0 Å². The minimum Gasteiger partial charge on any atom is -0.497 e. The van der Waals surface area contributed by atoms with Crippen LogP contribution >= 0.6 is 0 Å². The molecule has 0 bridgehead atoms. The number of hydrogen-bond donors (Lipinski definition) is 1. The van der Waals surface area contributed by atoms with Gasteiger partial charge in [0.1, 0.15) is 5.75 Å². The molecule has 0 heterocycles. The molecular weight excluding hydrogens is 310 g/mol. The Hall–Kier alpha value is -2.55. The topological polar surface area (TPSA) is 38.3 Å². The second-order valence-corrected chi connectivity index (χ2v) is 7.30. The van der Waals surface area contributed by atoms with E-state index in [1.165, 1.54) is 5.57 Å². The second-order valence-electron chi connectivity index (χ2n) is 7.30. The predicted molar refractivity (Wildman–Crippen MR) is 104 cm³/mol. The minimum atomic E-state index is -0.0770. The predicted octanol–water partition coefficient (Wildman–Crippen LogP) is 5.07. The van der Waals surface area contributed by atoms with Crippen LogP contribution in [0.4, 0.5) is 0 Å². The number of ether oxygens (including phenoxy) is 1. The summed E-state index contributed by atoms with van der Waals surface area (Å²) >= 11 is 0. The van der Waals surface area contributed by atoms with E-state index in [-0.39, 0.29) is 11.3 Å². The molecule has 0 spiro atoms. The summed E-state index contributed by atoms with van der Waals surface area (Å²) in [7, 11) is 1.63. The molecule has 2 aromatic carbocycles. The molecular formula is C22H27NO2. The maximum absolute atomic E-state index is 12.3. The quantitative estimate of drug-likeness (QED) is 0.827. The van der Waals surface area contributed by atoms with Gasteiger partial charge in [-0.15, -0.1) is 0 Å². The average molecular weight is 337 g/mol. The lowest BCUT2D eigenvalue weighted by Gasteiger charge is -2.14. The van der Waals surface area contributed by atoms with Crippen LogP contribution in [0.1, 0.15) is 49.2 Å². The van der Waals surface area contributed by atoms with Crippen molar-refractivity contribution in [2.24, 2.45) is 5.41 Å². The molecule has 132 valence electrons. The van der Waals surface area contributed by atoms with Gasteiger partial charge in [-0.25, -0.2) is 0 Å². The maximum atomic E-state index is 12.3. The first-order valence-electron chi connectivity index (χ1n) is 8.49. The Morgan fingerprint density at radius 2 is 1.72 bits per heavy atom. The fraction of sp³-hybridized carbons (Fsp3) is 0.318. The third-order valence-electron chi connectivity index (χ3n) is 3.84. The lowest BCUT2D eigenvalue weighted by Crippen LogP contribution is -2.22. The molecule has 1 amide bonds. The summed E-state index contributed by atoms with van der Waals surface area (Å²) in [6, 6.07) is 15.4. The second kappa shape index (κ2) is 8.02. The van der Waals surface area contributed by atoms with E-state index in [0.29, 0.717) is 12.1 Å². The van der Waals surface area contributed by atoms with Crippen LogP contribution in [0.15, 0.2) is 54.6 Å². The number of benzene rings is 2. The first kappa shape index (κ1) is 18.8. The lowest BCUT2D eigenvalue weighted by molar-refractivity contribution is 0.0951. The van der Waals surface area contributed by atoms with E-state index < -0.39 is 0 Å². The van der Waals surface area contributed by atoms with Gasteiger partial charge in [0.15, 0.2) is 0 Å². The Morgan fingerprint density at radius 1 is 1.08 bits per heavy atom. The van der Waals surface area contributed by atoms with Gasteiger partial charge in [0.05, 0.1) is 7.11 Å². The summed E-state index contributed by atoms with van der Waals surface area (Å²) < 4.78 is 5.20. The van der Waals surface area contributed by atoms with E-state index in [1.807, 2.05) is 48.5 Å². The number of carbonyl (C=O) groups is 1. The third kappa shape index (κ3) is 5.79. The van der Waals surface area contributed by atoms with Gasteiger partial charge < -0.3 is 10.1 Å². The molecule has 2 rings (SSSR count). The zero-order chi connectivity index (χ0) is 18.4. The summed E-state index contributed by atoms with van der Waals surface area (Å²) in [5, 5.41) is 2.94. The highest BCUT2D eigenvalue weighted by atomic mass is 16.5. The minimum absolute atomic E-state index is 0.0770. The van der Waals surface area contributed by atoms with Gasteiger partial charge >= 0.3 is 0 Å². The summed E-state index contributed by atoms with van der Waals surface area (Å²) in [5.74, 6) is 0.712. The van der Waals surface area contributed by atoms with Gasteiger partial charge in [-0.05, 0) is 53.3 Å². The SMILES string of the molecule is COc1cccc(CNC(=O)c2ccc(/C(C)=C/C(C)(C)C)cc2)c1. The number of nitrogens with one attached hydrogen (secondary N) is 1. The van der Waals surface area contributed by atoms with Gasteiger partial charge in [0, 0.05) is 12.1 Å². The van der Waals surface area contributed by atoms with Crippen LogP contribution in [-0.2, 0) is 6.54 Å². The van der Waals surface area contributed by atoms with E-state index in [0.717, 1.165) is 16.9 Å². The van der Waals surface area contributed by atoms with Crippen molar-refractivity contribution < 1.29 is 9.53 Å². The highest BCUT2D eigenvalue weighted by molar-refractivity contribution is 5.94. The van der Waals surface area contributed by atoms with E-state index >= 15 is 0 Å². The van der Waals surface area contributed by atoms with Gasteiger partial charge in [-0.3, -0.25) is 4.79 Å². The van der Waals surface area contributed by atoms with Crippen LogP contribution in [0, 0.1) is 5.41 Å². The van der Waals surface area contributed by atoms with Crippen molar-refractivity contribution in [3.8, 4) is 5.75 Å². The van der Waals surface area contributed by atoms with Crippen molar-refractivity contribution >= 4 is 11.5 Å². The molecule has 0 unspecified atom stereocenters. The first-order chi connectivity index (χ1) is 11.8. The number of amides is 1. The summed E-state index contributed by atoms with van der Waals surface area (Å²) in [5.41, 5.74) is 4.16. The monoisotopic (exact) mass is 337 g/mol. The fourth-order valence-corrected chi connectivity index (χ4v) is 2.68. The van der Waals surface area contributed by atoms with Gasteiger partial charge in [0.25, 0.3) is 5.91 Å². The van der Waals surface area contributed by atoms with Crippen LogP contribution in [0.5, 0.6) is 5.75 Å². The Kier molecular flexibility index (Phi) is 6.02. The molecule has 1 N–H and O–H groups in total. The molecule has 0 radical (unpaired) electrons. The Balaban J connectivity index is 2.01. The van der Waals surface area contributed by atoms with Gasteiger partial charge in [-0.1, -0.05) is 51.1 Å². The molecule has 0 saturated carbocycles. The largest absolute Gasteiger partial charge is 0.497 e. The Labute approximate surface area is 150 Å². The van der Waals surface area contributed by atoms with Crippen LogP contribution in [0.2, 0.25) is 0 Å². The van der Waals surface area contributed by atoms with Gasteiger partial charge in [0.2, 0.25) is 0 Å². The molecule has 0 aliphatic rings. The first-order valence-corrected chi connectivity index (χ1v) is 8.49. The van der Waals surface area contributed by atoms with E-state index in [1.54, 1.807) is 7.11 Å². The number of allylic oxidation sites excluding steroid dienone is 2. The van der Waals surface area contributed by atoms with Crippen molar-refractivity contribution in [3.05, 3.63) is 71.3 Å².